The summed E-state index contributed by atoms with van der Waals surface area (Å²) in [6.45, 7) is 2.07. The van der Waals surface area contributed by atoms with Gasteiger partial charge in [-0.25, -0.2) is 20.4 Å². The molecular formula is C23H18N6. The second kappa shape index (κ2) is 7.16. The second-order valence-corrected chi connectivity index (χ2v) is 6.79. The van der Waals surface area contributed by atoms with Crippen LogP contribution in [0.25, 0.3) is 33.2 Å². The normalized spacial score (nSPS) is 11.5. The monoisotopic (exact) mass is 378 g/mol. The molecule has 0 radical (unpaired) electrons. The number of nitrogens with zero attached hydrogens (tertiary/aromatic N) is 4. The third-order valence-corrected chi connectivity index (χ3v) is 4.66. The maximum atomic E-state index is 4.72. The number of aromatic amines is 1. The molecule has 6 heteroatoms. The van der Waals surface area contributed by atoms with E-state index in [1.165, 1.54) is 5.56 Å². The highest BCUT2D eigenvalue weighted by Gasteiger charge is 2.10. The molecule has 0 unspecified atom stereocenters. The van der Waals surface area contributed by atoms with Gasteiger partial charge in [0, 0.05) is 10.9 Å². The van der Waals surface area contributed by atoms with Crippen LogP contribution in [0, 0.1) is 6.92 Å². The highest BCUT2D eigenvalue weighted by atomic mass is 15.3. The van der Waals surface area contributed by atoms with Crippen molar-refractivity contribution in [2.24, 2.45) is 5.10 Å². The summed E-state index contributed by atoms with van der Waals surface area (Å²) in [6.07, 6.45) is 1.63. The predicted molar refractivity (Wildman–Crippen MR) is 117 cm³/mol. The van der Waals surface area contributed by atoms with Crippen LogP contribution >= 0.6 is 0 Å². The highest BCUT2D eigenvalue weighted by Crippen LogP contribution is 2.28. The molecule has 2 aromatic heterocycles. The van der Waals surface area contributed by atoms with E-state index in [1.807, 2.05) is 66.7 Å². The van der Waals surface area contributed by atoms with Gasteiger partial charge < -0.3 is 4.98 Å². The van der Waals surface area contributed by atoms with Gasteiger partial charge in [0.1, 0.15) is 0 Å². The molecule has 0 saturated carbocycles. The molecule has 0 bridgehead atoms. The fourth-order valence-corrected chi connectivity index (χ4v) is 3.29. The molecule has 140 valence electrons. The van der Waals surface area contributed by atoms with Crippen molar-refractivity contribution in [3.8, 4) is 11.3 Å². The molecule has 29 heavy (non-hydrogen) atoms. The Morgan fingerprint density at radius 3 is 2.55 bits per heavy atom. The Kier molecular flexibility index (Phi) is 4.22. The first kappa shape index (κ1) is 17.1. The van der Waals surface area contributed by atoms with Crippen LogP contribution in [0.4, 0.5) is 5.95 Å². The summed E-state index contributed by atoms with van der Waals surface area (Å²) < 4.78 is 0. The van der Waals surface area contributed by atoms with E-state index >= 15 is 0 Å². The number of para-hydroxylation sites is 2. The Morgan fingerprint density at radius 2 is 1.69 bits per heavy atom. The highest BCUT2D eigenvalue weighted by molar-refractivity contribution is 5.93. The van der Waals surface area contributed by atoms with Crippen LogP contribution in [0.5, 0.6) is 0 Å². The minimum absolute atomic E-state index is 0.438. The van der Waals surface area contributed by atoms with Gasteiger partial charge in [-0.2, -0.15) is 5.10 Å². The lowest BCUT2D eigenvalue weighted by atomic mass is 10.0. The van der Waals surface area contributed by atoms with E-state index in [1.54, 1.807) is 6.21 Å². The number of hydrazone groups is 1. The van der Waals surface area contributed by atoms with E-state index in [0.29, 0.717) is 11.8 Å². The summed E-state index contributed by atoms with van der Waals surface area (Å²) in [7, 11) is 0. The largest absolute Gasteiger partial charge is 0.337 e. The summed E-state index contributed by atoms with van der Waals surface area (Å²) in [5.74, 6) is 1.10. The van der Waals surface area contributed by atoms with Crippen molar-refractivity contribution in [2.45, 2.75) is 6.92 Å². The Labute approximate surface area is 167 Å². The number of hydrogen-bond donors (Lipinski definition) is 2. The minimum Gasteiger partial charge on any atom is -0.337 e. The number of aromatic nitrogens is 4. The van der Waals surface area contributed by atoms with E-state index in [0.717, 1.165) is 33.2 Å². The first-order valence-electron chi connectivity index (χ1n) is 9.34. The van der Waals surface area contributed by atoms with Crippen molar-refractivity contribution in [1.82, 2.24) is 19.9 Å². The zero-order chi connectivity index (χ0) is 19.6. The number of anilines is 1. The molecule has 0 aliphatic heterocycles. The standard InChI is InChI=1S/C23H18N6/c1-15-11-12-18-17(13-15)22(16-7-3-2-4-8-16)28-23(27-18)29-24-14-21-25-19-9-5-6-10-20(19)26-21/h2-14H,1H3,(H,25,26)(H,27,28,29)/b24-14+. The minimum atomic E-state index is 0.438. The number of hydrogen-bond acceptors (Lipinski definition) is 5. The average Bonchev–Trinajstić information content (AvgIpc) is 3.17. The number of fused-ring (bicyclic) bond motifs is 2. The van der Waals surface area contributed by atoms with Crippen molar-refractivity contribution >= 4 is 34.1 Å². The van der Waals surface area contributed by atoms with E-state index in [2.05, 4.69) is 38.5 Å². The van der Waals surface area contributed by atoms with Crippen molar-refractivity contribution < 1.29 is 0 Å². The Bertz CT molecular complexity index is 1300. The third kappa shape index (κ3) is 3.43. The van der Waals surface area contributed by atoms with E-state index in [4.69, 9.17) is 4.98 Å². The molecule has 5 rings (SSSR count). The van der Waals surface area contributed by atoms with E-state index in [9.17, 15) is 0 Å². The molecule has 2 heterocycles. The fourth-order valence-electron chi connectivity index (χ4n) is 3.29. The topological polar surface area (TPSA) is 78.9 Å². The maximum absolute atomic E-state index is 4.72. The van der Waals surface area contributed by atoms with Gasteiger partial charge >= 0.3 is 0 Å². The summed E-state index contributed by atoms with van der Waals surface area (Å²) >= 11 is 0. The molecule has 0 aliphatic rings. The molecule has 0 amide bonds. The molecule has 2 N–H and O–H groups in total. The zero-order valence-corrected chi connectivity index (χ0v) is 15.8. The second-order valence-electron chi connectivity index (χ2n) is 6.79. The van der Waals surface area contributed by atoms with Gasteiger partial charge in [-0.3, -0.25) is 0 Å². The Morgan fingerprint density at radius 1 is 0.862 bits per heavy atom. The van der Waals surface area contributed by atoms with Crippen LogP contribution in [-0.2, 0) is 0 Å². The quantitative estimate of drug-likeness (QED) is 0.343. The van der Waals surface area contributed by atoms with Crippen molar-refractivity contribution in [1.29, 1.82) is 0 Å². The summed E-state index contributed by atoms with van der Waals surface area (Å²) in [5.41, 5.74) is 8.76. The maximum Gasteiger partial charge on any atom is 0.244 e. The molecule has 0 atom stereocenters. The van der Waals surface area contributed by atoms with E-state index < -0.39 is 0 Å². The number of benzene rings is 3. The van der Waals surface area contributed by atoms with Crippen LogP contribution < -0.4 is 5.43 Å². The SMILES string of the molecule is Cc1ccc2nc(N/N=C/c3nc4ccccc4[nH]3)nc(-c3ccccc3)c2c1. The van der Waals surface area contributed by atoms with Gasteiger partial charge in [-0.1, -0.05) is 54.1 Å². The molecular weight excluding hydrogens is 360 g/mol. The lowest BCUT2D eigenvalue weighted by Crippen LogP contribution is -2.00. The predicted octanol–water partition coefficient (Wildman–Crippen LogP) is 4.93. The van der Waals surface area contributed by atoms with Crippen LogP contribution in [0.1, 0.15) is 11.4 Å². The van der Waals surface area contributed by atoms with Crippen LogP contribution in [0.3, 0.4) is 0 Å². The molecule has 0 spiro atoms. The number of nitrogens with one attached hydrogen (secondary N) is 2. The van der Waals surface area contributed by atoms with Gasteiger partial charge in [-0.05, 0) is 31.2 Å². The first-order valence-corrected chi connectivity index (χ1v) is 9.34. The number of H-pyrrole nitrogens is 1. The van der Waals surface area contributed by atoms with E-state index in [-0.39, 0.29) is 0 Å². The van der Waals surface area contributed by atoms with Crippen LogP contribution in [-0.4, -0.2) is 26.2 Å². The number of imidazole rings is 1. The van der Waals surface area contributed by atoms with Gasteiger partial charge in [0.05, 0.1) is 28.5 Å². The zero-order valence-electron chi connectivity index (χ0n) is 15.8. The lowest BCUT2D eigenvalue weighted by Gasteiger charge is -2.09. The number of rotatable bonds is 4. The Balaban J connectivity index is 1.50. The van der Waals surface area contributed by atoms with Crippen molar-refractivity contribution in [2.75, 3.05) is 5.43 Å². The molecule has 0 fully saturated rings. The molecule has 6 nitrogen and oxygen atoms in total. The fraction of sp³-hybridized carbons (Fsp3) is 0.0435. The third-order valence-electron chi connectivity index (χ3n) is 4.66. The van der Waals surface area contributed by atoms with Crippen molar-refractivity contribution in [3.63, 3.8) is 0 Å². The van der Waals surface area contributed by atoms with Crippen LogP contribution in [0.2, 0.25) is 0 Å². The number of aryl methyl sites for hydroxylation is 1. The summed E-state index contributed by atoms with van der Waals surface area (Å²) in [4.78, 5) is 17.0. The summed E-state index contributed by atoms with van der Waals surface area (Å²) in [5, 5.41) is 5.29. The lowest BCUT2D eigenvalue weighted by molar-refractivity contribution is 1.15. The van der Waals surface area contributed by atoms with Gasteiger partial charge in [0.25, 0.3) is 0 Å². The average molecular weight is 378 g/mol. The van der Waals surface area contributed by atoms with Gasteiger partial charge in [-0.15, -0.1) is 0 Å². The molecule has 3 aromatic carbocycles. The smallest absolute Gasteiger partial charge is 0.244 e. The van der Waals surface area contributed by atoms with Crippen LogP contribution in [0.15, 0.2) is 77.9 Å². The molecule has 0 aliphatic carbocycles. The van der Waals surface area contributed by atoms with Gasteiger partial charge in [0.2, 0.25) is 5.95 Å². The van der Waals surface area contributed by atoms with Crippen molar-refractivity contribution in [3.05, 3.63) is 84.2 Å². The molecule has 5 aromatic rings. The Hall–Kier alpha value is -4.06. The first-order chi connectivity index (χ1) is 14.3. The molecule has 0 saturated heterocycles. The van der Waals surface area contributed by atoms with Gasteiger partial charge in [0.15, 0.2) is 5.82 Å². The summed E-state index contributed by atoms with van der Waals surface area (Å²) in [6, 6.07) is 24.1.